The molecule has 1 aliphatic heterocycles. The van der Waals surface area contributed by atoms with Gasteiger partial charge < -0.3 is 20.3 Å². The van der Waals surface area contributed by atoms with Crippen molar-refractivity contribution in [1.29, 1.82) is 0 Å². The van der Waals surface area contributed by atoms with Crippen molar-refractivity contribution in [3.05, 3.63) is 29.8 Å². The second kappa shape index (κ2) is 9.30. The van der Waals surface area contributed by atoms with Crippen LogP contribution in [-0.4, -0.2) is 49.1 Å². The Labute approximate surface area is 149 Å². The van der Waals surface area contributed by atoms with Gasteiger partial charge in [-0.15, -0.1) is 0 Å². The number of methoxy groups -OCH3 is 1. The predicted octanol–water partition coefficient (Wildman–Crippen LogP) is 2.33. The van der Waals surface area contributed by atoms with E-state index in [2.05, 4.69) is 10.6 Å². The molecule has 25 heavy (non-hydrogen) atoms. The number of likely N-dealkylation sites (tertiary alicyclic amines) is 1. The first-order valence-electron chi connectivity index (χ1n) is 8.95. The van der Waals surface area contributed by atoms with Gasteiger partial charge in [-0.05, 0) is 50.8 Å². The van der Waals surface area contributed by atoms with Crippen molar-refractivity contribution < 1.29 is 14.3 Å². The lowest BCUT2D eigenvalue weighted by molar-refractivity contribution is -0.127. The second-order valence-corrected chi connectivity index (χ2v) is 6.75. The maximum absolute atomic E-state index is 12.1. The summed E-state index contributed by atoms with van der Waals surface area (Å²) in [7, 11) is 1.65. The maximum Gasteiger partial charge on any atom is 0.315 e. The quantitative estimate of drug-likeness (QED) is 0.758. The number of ether oxygens (including phenoxy) is 1. The minimum Gasteiger partial charge on any atom is -0.497 e. The molecule has 0 radical (unpaired) electrons. The molecule has 0 saturated carbocycles. The predicted molar refractivity (Wildman–Crippen MR) is 97.7 cm³/mol. The zero-order valence-electron chi connectivity index (χ0n) is 15.4. The van der Waals surface area contributed by atoms with Gasteiger partial charge >= 0.3 is 6.03 Å². The van der Waals surface area contributed by atoms with Crippen molar-refractivity contribution >= 4 is 11.9 Å². The lowest BCUT2D eigenvalue weighted by Gasteiger charge is -2.23. The fourth-order valence-electron chi connectivity index (χ4n) is 3.01. The number of rotatable bonds is 8. The third kappa shape index (κ3) is 6.29. The van der Waals surface area contributed by atoms with Gasteiger partial charge in [0.2, 0.25) is 5.91 Å². The largest absolute Gasteiger partial charge is 0.497 e. The van der Waals surface area contributed by atoms with Gasteiger partial charge in [-0.25, -0.2) is 4.79 Å². The molecule has 6 nitrogen and oxygen atoms in total. The lowest BCUT2D eigenvalue weighted by Crippen LogP contribution is -2.48. The van der Waals surface area contributed by atoms with Crippen molar-refractivity contribution in [1.82, 2.24) is 15.5 Å². The van der Waals surface area contributed by atoms with Crippen molar-refractivity contribution in [2.45, 2.75) is 51.6 Å². The number of hydrogen-bond donors (Lipinski definition) is 2. The number of hydrogen-bond acceptors (Lipinski definition) is 3. The standard InChI is InChI=1S/C19H29N3O3/c1-14(6-7-16-8-10-17(25-3)11-9-16)20-19(24)21-15(2)13-22-12-4-5-18(22)23/h8-11,14-15H,4-7,12-13H2,1-3H3,(H2,20,21,24)/t14-,15-/m0/s1. The molecule has 2 rings (SSSR count). The number of benzene rings is 1. The molecule has 2 N–H and O–H groups in total. The smallest absolute Gasteiger partial charge is 0.315 e. The van der Waals surface area contributed by atoms with Gasteiger partial charge in [0.15, 0.2) is 0 Å². The van der Waals surface area contributed by atoms with Crippen LogP contribution in [0.4, 0.5) is 4.79 Å². The van der Waals surface area contributed by atoms with E-state index < -0.39 is 0 Å². The van der Waals surface area contributed by atoms with E-state index >= 15 is 0 Å². The molecule has 1 aromatic rings. The third-order valence-electron chi connectivity index (χ3n) is 4.45. The Hall–Kier alpha value is -2.24. The molecule has 0 spiro atoms. The van der Waals surface area contributed by atoms with E-state index in [4.69, 9.17) is 4.74 Å². The summed E-state index contributed by atoms with van der Waals surface area (Å²) in [6.45, 7) is 5.29. The van der Waals surface area contributed by atoms with Gasteiger partial charge in [0.25, 0.3) is 0 Å². The zero-order valence-corrected chi connectivity index (χ0v) is 15.4. The number of carbonyl (C=O) groups excluding carboxylic acids is 2. The van der Waals surface area contributed by atoms with Crippen molar-refractivity contribution in [3.8, 4) is 5.75 Å². The number of amides is 3. The molecule has 1 heterocycles. The van der Waals surface area contributed by atoms with E-state index in [0.29, 0.717) is 13.0 Å². The van der Waals surface area contributed by atoms with E-state index in [1.807, 2.05) is 43.0 Å². The summed E-state index contributed by atoms with van der Waals surface area (Å²) < 4.78 is 5.15. The van der Waals surface area contributed by atoms with Crippen LogP contribution in [0.2, 0.25) is 0 Å². The Bertz CT molecular complexity index is 574. The SMILES string of the molecule is COc1ccc(CC[C@H](C)NC(=O)N[C@@H](C)CN2CCCC2=O)cc1. The molecule has 3 amide bonds. The molecule has 138 valence electrons. The lowest BCUT2D eigenvalue weighted by atomic mass is 10.1. The molecular weight excluding hydrogens is 318 g/mol. The van der Waals surface area contributed by atoms with Gasteiger partial charge in [-0.2, -0.15) is 0 Å². The first kappa shape index (κ1) is 19.1. The summed E-state index contributed by atoms with van der Waals surface area (Å²) in [5.74, 6) is 1.03. The topological polar surface area (TPSA) is 70.7 Å². The summed E-state index contributed by atoms with van der Waals surface area (Å²) in [6.07, 6.45) is 3.30. The summed E-state index contributed by atoms with van der Waals surface area (Å²) in [5.41, 5.74) is 1.22. The average Bonchev–Trinajstić information content (AvgIpc) is 2.98. The molecule has 1 aliphatic rings. The first-order chi connectivity index (χ1) is 12.0. The minimum atomic E-state index is -0.179. The van der Waals surface area contributed by atoms with Crippen LogP contribution in [0, 0.1) is 0 Å². The fraction of sp³-hybridized carbons (Fsp3) is 0.579. The van der Waals surface area contributed by atoms with Crippen molar-refractivity contribution in [2.75, 3.05) is 20.2 Å². The van der Waals surface area contributed by atoms with Gasteiger partial charge in [0, 0.05) is 31.6 Å². The molecule has 0 aromatic heterocycles. The molecule has 2 atom stereocenters. The summed E-state index contributed by atoms with van der Waals surface area (Å²) in [4.78, 5) is 25.5. The molecular formula is C19H29N3O3. The van der Waals surface area contributed by atoms with Crippen LogP contribution in [0.5, 0.6) is 5.75 Å². The highest BCUT2D eigenvalue weighted by Crippen LogP contribution is 2.13. The Morgan fingerprint density at radius 3 is 2.48 bits per heavy atom. The molecule has 0 aliphatic carbocycles. The van der Waals surface area contributed by atoms with Crippen molar-refractivity contribution in [2.24, 2.45) is 0 Å². The van der Waals surface area contributed by atoms with Crippen molar-refractivity contribution in [3.63, 3.8) is 0 Å². The van der Waals surface area contributed by atoms with Gasteiger partial charge in [-0.3, -0.25) is 4.79 Å². The minimum absolute atomic E-state index is 0.0594. The second-order valence-electron chi connectivity index (χ2n) is 6.75. The van der Waals surface area contributed by atoms with Crippen LogP contribution in [0.1, 0.15) is 38.7 Å². The van der Waals surface area contributed by atoms with E-state index in [1.165, 1.54) is 5.56 Å². The van der Waals surface area contributed by atoms with Gasteiger partial charge in [0.05, 0.1) is 7.11 Å². The van der Waals surface area contributed by atoms with Gasteiger partial charge in [0.1, 0.15) is 5.75 Å². The highest BCUT2D eigenvalue weighted by atomic mass is 16.5. The number of nitrogens with zero attached hydrogens (tertiary/aromatic N) is 1. The third-order valence-corrected chi connectivity index (χ3v) is 4.45. The van der Waals surface area contributed by atoms with Crippen LogP contribution in [-0.2, 0) is 11.2 Å². The van der Waals surface area contributed by atoms with Gasteiger partial charge in [-0.1, -0.05) is 12.1 Å². The Kier molecular flexibility index (Phi) is 7.10. The van der Waals surface area contributed by atoms with E-state index in [-0.39, 0.29) is 24.0 Å². The summed E-state index contributed by atoms with van der Waals surface area (Å²) in [6, 6.07) is 7.81. The molecule has 1 saturated heterocycles. The average molecular weight is 347 g/mol. The van der Waals surface area contributed by atoms with Crippen LogP contribution in [0.25, 0.3) is 0 Å². The highest BCUT2D eigenvalue weighted by molar-refractivity contribution is 5.78. The Morgan fingerprint density at radius 1 is 1.20 bits per heavy atom. The van der Waals surface area contributed by atoms with Crippen LogP contribution in [0.15, 0.2) is 24.3 Å². The number of aryl methyl sites for hydroxylation is 1. The number of nitrogens with one attached hydrogen (secondary N) is 2. The monoisotopic (exact) mass is 347 g/mol. The van der Waals surface area contributed by atoms with E-state index in [9.17, 15) is 9.59 Å². The number of carbonyl (C=O) groups is 2. The summed E-state index contributed by atoms with van der Waals surface area (Å²) in [5, 5.41) is 5.87. The van der Waals surface area contributed by atoms with Crippen LogP contribution in [0.3, 0.4) is 0 Å². The van der Waals surface area contributed by atoms with E-state index in [1.54, 1.807) is 7.11 Å². The first-order valence-corrected chi connectivity index (χ1v) is 8.95. The number of urea groups is 1. The fourth-order valence-corrected chi connectivity index (χ4v) is 3.01. The molecule has 1 aromatic carbocycles. The Balaban J connectivity index is 1.67. The molecule has 1 fully saturated rings. The Morgan fingerprint density at radius 2 is 1.88 bits per heavy atom. The molecule has 0 unspecified atom stereocenters. The van der Waals surface area contributed by atoms with E-state index in [0.717, 1.165) is 31.6 Å². The normalized spacial score (nSPS) is 16.4. The highest BCUT2D eigenvalue weighted by Gasteiger charge is 2.22. The molecule has 6 heteroatoms. The van der Waals surface area contributed by atoms with Crippen LogP contribution < -0.4 is 15.4 Å². The zero-order chi connectivity index (χ0) is 18.2. The van der Waals surface area contributed by atoms with Crippen LogP contribution >= 0.6 is 0 Å². The molecule has 0 bridgehead atoms. The summed E-state index contributed by atoms with van der Waals surface area (Å²) >= 11 is 0. The maximum atomic E-state index is 12.1.